The zero-order valence-corrected chi connectivity index (χ0v) is 13.6. The predicted molar refractivity (Wildman–Crippen MR) is 86.0 cm³/mol. The number of aromatic nitrogens is 3. The lowest BCUT2D eigenvalue weighted by molar-refractivity contribution is -0.121. The van der Waals surface area contributed by atoms with Crippen LogP contribution in [0.5, 0.6) is 0 Å². The molecule has 23 heavy (non-hydrogen) atoms. The van der Waals surface area contributed by atoms with E-state index in [2.05, 4.69) is 15.4 Å². The molecule has 0 saturated heterocycles. The minimum atomic E-state index is -0.935. The van der Waals surface area contributed by atoms with Gasteiger partial charge in [0.25, 0.3) is 0 Å². The van der Waals surface area contributed by atoms with Gasteiger partial charge in [-0.15, -0.1) is 0 Å². The van der Waals surface area contributed by atoms with Crippen molar-refractivity contribution in [3.63, 3.8) is 0 Å². The number of aliphatic hydroxyl groups is 1. The number of H-pyrrole nitrogens is 1. The number of aryl methyl sites for hydroxylation is 2. The van der Waals surface area contributed by atoms with E-state index in [1.165, 1.54) is 6.07 Å². The van der Waals surface area contributed by atoms with Crippen LogP contribution in [0.2, 0.25) is 0 Å². The fourth-order valence-corrected chi connectivity index (χ4v) is 2.49. The average Bonchev–Trinajstić information content (AvgIpc) is 2.75. The quantitative estimate of drug-likeness (QED) is 0.722. The molecule has 1 unspecified atom stereocenters. The highest BCUT2D eigenvalue weighted by Crippen LogP contribution is 2.14. The number of hydrogen-bond donors (Lipinski definition) is 3. The minimum absolute atomic E-state index is 0.0593. The number of carbonyl (C=O) groups is 1. The third-order valence-electron chi connectivity index (χ3n) is 3.90. The maximum atomic E-state index is 11.9. The molecule has 0 bridgehead atoms. The standard InChI is InChI=1S/C16H22N4O3/c1-10-12(11(2)20(3)19-10)7-8-15(22)17-9-14(21)13-5-4-6-16(23)18-13/h4-6,14,21H,7-9H2,1-3H3,(H,17,22)(H,18,23). The third kappa shape index (κ3) is 4.29. The number of hydrogen-bond acceptors (Lipinski definition) is 4. The fourth-order valence-electron chi connectivity index (χ4n) is 2.49. The Bertz CT molecular complexity index is 748. The lowest BCUT2D eigenvalue weighted by Gasteiger charge is -2.12. The van der Waals surface area contributed by atoms with E-state index in [1.807, 2.05) is 20.9 Å². The van der Waals surface area contributed by atoms with E-state index in [0.29, 0.717) is 18.5 Å². The number of aromatic amines is 1. The molecular weight excluding hydrogens is 296 g/mol. The lowest BCUT2D eigenvalue weighted by atomic mass is 10.1. The van der Waals surface area contributed by atoms with Gasteiger partial charge in [-0.05, 0) is 31.9 Å². The molecule has 3 N–H and O–H groups in total. The van der Waals surface area contributed by atoms with Gasteiger partial charge in [0, 0.05) is 37.5 Å². The summed E-state index contributed by atoms with van der Waals surface area (Å²) in [7, 11) is 1.88. The van der Waals surface area contributed by atoms with Crippen LogP contribution in [-0.4, -0.2) is 32.3 Å². The second-order valence-corrected chi connectivity index (χ2v) is 5.56. The smallest absolute Gasteiger partial charge is 0.248 e. The summed E-state index contributed by atoms with van der Waals surface area (Å²) in [6, 6.07) is 4.54. The van der Waals surface area contributed by atoms with Crippen LogP contribution >= 0.6 is 0 Å². The van der Waals surface area contributed by atoms with Crippen LogP contribution in [0.15, 0.2) is 23.0 Å². The molecule has 7 heteroatoms. The molecule has 0 spiro atoms. The number of amides is 1. The number of carbonyl (C=O) groups excluding carboxylic acids is 1. The van der Waals surface area contributed by atoms with E-state index in [0.717, 1.165) is 17.0 Å². The first-order valence-electron chi connectivity index (χ1n) is 7.51. The number of nitrogens with one attached hydrogen (secondary N) is 2. The third-order valence-corrected chi connectivity index (χ3v) is 3.90. The number of rotatable bonds is 6. The van der Waals surface area contributed by atoms with Gasteiger partial charge in [0.1, 0.15) is 6.10 Å². The Morgan fingerprint density at radius 1 is 1.43 bits per heavy atom. The molecule has 0 fully saturated rings. The van der Waals surface area contributed by atoms with Crippen molar-refractivity contribution in [1.29, 1.82) is 0 Å². The van der Waals surface area contributed by atoms with E-state index < -0.39 is 6.10 Å². The fraction of sp³-hybridized carbons (Fsp3) is 0.438. The molecule has 7 nitrogen and oxygen atoms in total. The molecule has 0 aromatic carbocycles. The summed E-state index contributed by atoms with van der Waals surface area (Å²) in [5.74, 6) is -0.148. The molecule has 0 aliphatic heterocycles. The molecule has 124 valence electrons. The SMILES string of the molecule is Cc1nn(C)c(C)c1CCC(=O)NCC(O)c1cccc(=O)[nH]1. The van der Waals surface area contributed by atoms with Crippen LogP contribution in [0.1, 0.15) is 35.2 Å². The van der Waals surface area contributed by atoms with Crippen molar-refractivity contribution < 1.29 is 9.90 Å². The summed E-state index contributed by atoms with van der Waals surface area (Å²) in [6.45, 7) is 3.96. The monoisotopic (exact) mass is 318 g/mol. The van der Waals surface area contributed by atoms with Gasteiger partial charge in [0.05, 0.1) is 5.69 Å². The molecule has 0 aliphatic rings. The Morgan fingerprint density at radius 2 is 2.17 bits per heavy atom. The highest BCUT2D eigenvalue weighted by Gasteiger charge is 2.13. The highest BCUT2D eigenvalue weighted by molar-refractivity contribution is 5.76. The van der Waals surface area contributed by atoms with Gasteiger partial charge in [-0.25, -0.2) is 0 Å². The maximum absolute atomic E-state index is 11.9. The van der Waals surface area contributed by atoms with Crippen LogP contribution in [-0.2, 0) is 18.3 Å². The molecule has 1 amide bonds. The predicted octanol–water partition coefficient (Wildman–Crippen LogP) is 0.508. The lowest BCUT2D eigenvalue weighted by Crippen LogP contribution is -2.29. The Morgan fingerprint density at radius 3 is 2.78 bits per heavy atom. The van der Waals surface area contributed by atoms with Gasteiger partial charge in [-0.2, -0.15) is 5.10 Å². The van der Waals surface area contributed by atoms with Crippen molar-refractivity contribution in [3.8, 4) is 0 Å². The minimum Gasteiger partial charge on any atom is -0.385 e. The number of nitrogens with zero attached hydrogens (tertiary/aromatic N) is 2. The van der Waals surface area contributed by atoms with Crippen molar-refractivity contribution >= 4 is 5.91 Å². The van der Waals surface area contributed by atoms with E-state index in [1.54, 1.807) is 16.8 Å². The normalized spacial score (nSPS) is 12.2. The average molecular weight is 318 g/mol. The van der Waals surface area contributed by atoms with Gasteiger partial charge in [0.2, 0.25) is 11.5 Å². The van der Waals surface area contributed by atoms with Crippen LogP contribution in [0.25, 0.3) is 0 Å². The Hall–Kier alpha value is -2.41. The molecule has 2 heterocycles. The van der Waals surface area contributed by atoms with Crippen molar-refractivity contribution in [1.82, 2.24) is 20.1 Å². The van der Waals surface area contributed by atoms with E-state index in [-0.39, 0.29) is 18.0 Å². The van der Waals surface area contributed by atoms with Crippen molar-refractivity contribution in [2.24, 2.45) is 7.05 Å². The molecule has 0 radical (unpaired) electrons. The molecular formula is C16H22N4O3. The molecule has 2 aromatic rings. The van der Waals surface area contributed by atoms with Gasteiger partial charge >= 0.3 is 0 Å². The molecule has 0 aliphatic carbocycles. The topological polar surface area (TPSA) is 100 Å². The Labute approximate surface area is 134 Å². The summed E-state index contributed by atoms with van der Waals surface area (Å²) >= 11 is 0. The zero-order chi connectivity index (χ0) is 17.0. The van der Waals surface area contributed by atoms with E-state index >= 15 is 0 Å². The van der Waals surface area contributed by atoms with Crippen LogP contribution in [0.4, 0.5) is 0 Å². The molecule has 2 rings (SSSR count). The van der Waals surface area contributed by atoms with Crippen LogP contribution in [0, 0.1) is 13.8 Å². The van der Waals surface area contributed by atoms with Gasteiger partial charge < -0.3 is 15.4 Å². The summed E-state index contributed by atoms with van der Waals surface area (Å²) in [5, 5.41) is 17.0. The Kier molecular flexibility index (Phi) is 5.33. The van der Waals surface area contributed by atoms with Crippen LogP contribution in [0.3, 0.4) is 0 Å². The molecule has 1 atom stereocenters. The molecule has 2 aromatic heterocycles. The summed E-state index contributed by atoms with van der Waals surface area (Å²) in [4.78, 5) is 25.7. The van der Waals surface area contributed by atoms with Gasteiger partial charge in [0.15, 0.2) is 0 Å². The maximum Gasteiger partial charge on any atom is 0.248 e. The number of aliphatic hydroxyl groups excluding tert-OH is 1. The summed E-state index contributed by atoms with van der Waals surface area (Å²) in [5.41, 5.74) is 3.17. The van der Waals surface area contributed by atoms with Crippen LogP contribution < -0.4 is 10.9 Å². The second-order valence-electron chi connectivity index (χ2n) is 5.56. The highest BCUT2D eigenvalue weighted by atomic mass is 16.3. The first-order valence-corrected chi connectivity index (χ1v) is 7.51. The first-order chi connectivity index (χ1) is 10.9. The Balaban J connectivity index is 1.84. The summed E-state index contributed by atoms with van der Waals surface area (Å²) in [6.07, 6.45) is -0.00389. The van der Waals surface area contributed by atoms with Gasteiger partial charge in [-0.3, -0.25) is 14.3 Å². The van der Waals surface area contributed by atoms with Crippen molar-refractivity contribution in [3.05, 3.63) is 51.2 Å². The van der Waals surface area contributed by atoms with Crippen molar-refractivity contribution in [2.45, 2.75) is 32.8 Å². The second kappa shape index (κ2) is 7.23. The zero-order valence-electron chi connectivity index (χ0n) is 13.6. The van der Waals surface area contributed by atoms with E-state index in [9.17, 15) is 14.7 Å². The summed E-state index contributed by atoms with van der Waals surface area (Å²) < 4.78 is 1.80. The number of pyridine rings is 1. The molecule has 0 saturated carbocycles. The largest absolute Gasteiger partial charge is 0.385 e. The van der Waals surface area contributed by atoms with Gasteiger partial charge in [-0.1, -0.05) is 6.07 Å². The first kappa shape index (κ1) is 17.0. The van der Waals surface area contributed by atoms with Crippen molar-refractivity contribution in [2.75, 3.05) is 6.54 Å². The van der Waals surface area contributed by atoms with E-state index in [4.69, 9.17) is 0 Å².